The average Bonchev–Trinajstić information content (AvgIpc) is 3.29. The predicted octanol–water partition coefficient (Wildman–Crippen LogP) is 3.86. The molecular formula is C22H21FN4O2. The molecule has 3 aromatic rings. The van der Waals surface area contributed by atoms with Gasteiger partial charge in [-0.2, -0.15) is 4.99 Å². The van der Waals surface area contributed by atoms with Gasteiger partial charge in [0.1, 0.15) is 5.82 Å². The van der Waals surface area contributed by atoms with E-state index in [1.165, 1.54) is 6.07 Å². The summed E-state index contributed by atoms with van der Waals surface area (Å²) in [5, 5.41) is 6.85. The normalized spacial score (nSPS) is 15.8. The van der Waals surface area contributed by atoms with Crippen molar-refractivity contribution < 1.29 is 13.7 Å². The maximum Gasteiger partial charge on any atom is 0.253 e. The van der Waals surface area contributed by atoms with Crippen molar-refractivity contribution in [2.75, 3.05) is 13.6 Å². The number of carbonyl (C=O) groups excluding carboxylic acids is 1. The first-order chi connectivity index (χ1) is 13.8. The van der Waals surface area contributed by atoms with Gasteiger partial charge in [-0.3, -0.25) is 10.1 Å². The number of aliphatic imine (C=N–C) groups is 1. The van der Waals surface area contributed by atoms with Gasteiger partial charge in [0.05, 0.1) is 12.2 Å². The first kappa shape index (κ1) is 18.9. The molecule has 4 rings (SSSR count). The van der Waals surface area contributed by atoms with E-state index in [2.05, 4.69) is 15.5 Å². The third kappa shape index (κ3) is 3.63. The highest BCUT2D eigenvalue weighted by atomic mass is 19.1. The Bertz CT molecular complexity index is 1090. The molecule has 2 aromatic carbocycles. The molecule has 1 saturated heterocycles. The third-order valence-corrected chi connectivity index (χ3v) is 5.14. The molecule has 0 atom stereocenters. The first-order valence-electron chi connectivity index (χ1n) is 9.27. The molecular weight excluding hydrogens is 371 g/mol. The number of halogens is 1. The maximum absolute atomic E-state index is 14.0. The summed E-state index contributed by atoms with van der Waals surface area (Å²) >= 11 is 0. The maximum atomic E-state index is 14.0. The highest BCUT2D eigenvalue weighted by Gasteiger charge is 2.28. The zero-order chi connectivity index (χ0) is 20.6. The number of amides is 1. The molecule has 7 heteroatoms. The fraction of sp³-hybridized carbons (Fsp3) is 0.227. The van der Waals surface area contributed by atoms with Gasteiger partial charge < -0.3 is 9.42 Å². The van der Waals surface area contributed by atoms with E-state index >= 15 is 0 Å². The SMILES string of the molecule is CN1CC(=O)N/C1=N/c1cc(C(C)(C)c2ccc(-c3ccccc3F)cc2)no1. The van der Waals surface area contributed by atoms with E-state index in [9.17, 15) is 9.18 Å². The van der Waals surface area contributed by atoms with Crippen LogP contribution in [-0.4, -0.2) is 35.5 Å². The minimum atomic E-state index is -0.444. The summed E-state index contributed by atoms with van der Waals surface area (Å²) in [5.74, 6) is 0.398. The smallest absolute Gasteiger partial charge is 0.253 e. The second-order valence-corrected chi connectivity index (χ2v) is 7.57. The van der Waals surface area contributed by atoms with Crippen LogP contribution in [-0.2, 0) is 10.2 Å². The number of hydrogen-bond acceptors (Lipinski definition) is 4. The quantitative estimate of drug-likeness (QED) is 0.732. The molecule has 29 heavy (non-hydrogen) atoms. The molecule has 2 heterocycles. The monoisotopic (exact) mass is 392 g/mol. The number of likely N-dealkylation sites (N-methyl/N-ethyl adjacent to an activating group) is 1. The van der Waals surface area contributed by atoms with Crippen LogP contribution >= 0.6 is 0 Å². The van der Waals surface area contributed by atoms with Gasteiger partial charge >= 0.3 is 0 Å². The number of carbonyl (C=O) groups is 1. The number of nitrogens with one attached hydrogen (secondary N) is 1. The van der Waals surface area contributed by atoms with Crippen molar-refractivity contribution >= 4 is 17.8 Å². The average molecular weight is 392 g/mol. The Morgan fingerprint density at radius 3 is 2.55 bits per heavy atom. The van der Waals surface area contributed by atoms with Crippen LogP contribution in [0.25, 0.3) is 11.1 Å². The summed E-state index contributed by atoms with van der Waals surface area (Å²) in [5.41, 5.74) is 2.66. The number of guanidine groups is 1. The minimum Gasteiger partial charge on any atom is -0.336 e. The van der Waals surface area contributed by atoms with Crippen molar-refractivity contribution in [1.29, 1.82) is 0 Å². The summed E-state index contributed by atoms with van der Waals surface area (Å²) in [6.45, 7) is 4.33. The van der Waals surface area contributed by atoms with E-state index < -0.39 is 5.41 Å². The predicted molar refractivity (Wildman–Crippen MR) is 108 cm³/mol. The number of aromatic nitrogens is 1. The Morgan fingerprint density at radius 2 is 1.90 bits per heavy atom. The van der Waals surface area contributed by atoms with Crippen LogP contribution in [0.15, 0.2) is 64.1 Å². The lowest BCUT2D eigenvalue weighted by Gasteiger charge is -2.22. The van der Waals surface area contributed by atoms with Gasteiger partial charge in [-0.05, 0) is 17.2 Å². The molecule has 1 aliphatic rings. The van der Waals surface area contributed by atoms with Gasteiger partial charge in [0, 0.05) is 24.1 Å². The molecule has 1 aromatic heterocycles. The van der Waals surface area contributed by atoms with Gasteiger partial charge in [-0.1, -0.05) is 61.5 Å². The molecule has 0 saturated carbocycles. The second kappa shape index (κ2) is 7.16. The van der Waals surface area contributed by atoms with Gasteiger partial charge in [-0.25, -0.2) is 4.39 Å². The van der Waals surface area contributed by atoms with E-state index in [0.717, 1.165) is 11.1 Å². The standard InChI is InChI=1S/C22H21FN4O2/c1-22(2,15-10-8-14(9-11-15)16-6-4-5-7-17(16)23)18-12-20(29-26-18)25-21-24-19(28)13-27(21)3/h4-12H,13H2,1-3H3,(H,24,25,28). The van der Waals surface area contributed by atoms with E-state index in [1.54, 1.807) is 30.1 Å². The van der Waals surface area contributed by atoms with Crippen LogP contribution in [0.4, 0.5) is 10.3 Å². The Kier molecular flexibility index (Phi) is 4.66. The molecule has 6 nitrogen and oxygen atoms in total. The fourth-order valence-electron chi connectivity index (χ4n) is 3.29. The Hall–Kier alpha value is -3.48. The number of hydrogen-bond donors (Lipinski definition) is 1. The van der Waals surface area contributed by atoms with Gasteiger partial charge in [0.2, 0.25) is 11.9 Å². The minimum absolute atomic E-state index is 0.110. The molecule has 1 fully saturated rings. The van der Waals surface area contributed by atoms with Crippen molar-refractivity contribution in [2.24, 2.45) is 4.99 Å². The lowest BCUT2D eigenvalue weighted by atomic mass is 9.81. The summed E-state index contributed by atoms with van der Waals surface area (Å²) in [6.07, 6.45) is 0. The largest absolute Gasteiger partial charge is 0.336 e. The molecule has 1 amide bonds. The molecule has 0 unspecified atom stereocenters. The topological polar surface area (TPSA) is 70.7 Å². The molecule has 0 spiro atoms. The zero-order valence-electron chi connectivity index (χ0n) is 16.4. The fourth-order valence-corrected chi connectivity index (χ4v) is 3.29. The second-order valence-electron chi connectivity index (χ2n) is 7.57. The number of nitrogens with zero attached hydrogens (tertiary/aromatic N) is 3. The zero-order valence-corrected chi connectivity index (χ0v) is 16.4. The summed E-state index contributed by atoms with van der Waals surface area (Å²) in [6, 6.07) is 16.2. The summed E-state index contributed by atoms with van der Waals surface area (Å²) in [4.78, 5) is 17.5. The molecule has 148 valence electrons. The van der Waals surface area contributed by atoms with Crippen molar-refractivity contribution in [3.05, 3.63) is 71.7 Å². The van der Waals surface area contributed by atoms with Crippen molar-refractivity contribution in [3.8, 4) is 11.1 Å². The molecule has 0 radical (unpaired) electrons. The molecule has 0 aliphatic carbocycles. The van der Waals surface area contributed by atoms with Crippen LogP contribution in [0, 0.1) is 5.82 Å². The van der Waals surface area contributed by atoms with E-state index in [4.69, 9.17) is 4.52 Å². The third-order valence-electron chi connectivity index (χ3n) is 5.14. The Morgan fingerprint density at radius 1 is 1.17 bits per heavy atom. The van der Waals surface area contributed by atoms with E-state index in [0.29, 0.717) is 23.1 Å². The number of rotatable bonds is 4. The highest BCUT2D eigenvalue weighted by Crippen LogP contribution is 2.34. The summed E-state index contributed by atoms with van der Waals surface area (Å²) < 4.78 is 19.4. The van der Waals surface area contributed by atoms with Gasteiger partial charge in [0.15, 0.2) is 0 Å². The van der Waals surface area contributed by atoms with E-state index in [1.807, 2.05) is 44.2 Å². The van der Waals surface area contributed by atoms with Crippen LogP contribution in [0.1, 0.15) is 25.1 Å². The Balaban J connectivity index is 1.59. The van der Waals surface area contributed by atoms with Crippen LogP contribution in [0.5, 0.6) is 0 Å². The van der Waals surface area contributed by atoms with E-state index in [-0.39, 0.29) is 18.3 Å². The van der Waals surface area contributed by atoms with Gasteiger partial charge in [-0.15, -0.1) is 0 Å². The van der Waals surface area contributed by atoms with Crippen molar-refractivity contribution in [3.63, 3.8) is 0 Å². The first-order valence-corrected chi connectivity index (χ1v) is 9.27. The number of benzene rings is 2. The highest BCUT2D eigenvalue weighted by molar-refractivity contribution is 6.04. The van der Waals surface area contributed by atoms with Crippen molar-refractivity contribution in [2.45, 2.75) is 19.3 Å². The molecule has 0 bridgehead atoms. The lowest BCUT2D eigenvalue weighted by molar-refractivity contribution is -0.118. The Labute approximate surface area is 168 Å². The van der Waals surface area contributed by atoms with Gasteiger partial charge in [0.25, 0.3) is 5.88 Å². The lowest BCUT2D eigenvalue weighted by Crippen LogP contribution is -2.26. The van der Waals surface area contributed by atoms with Crippen molar-refractivity contribution in [1.82, 2.24) is 15.4 Å². The van der Waals surface area contributed by atoms with Crippen LogP contribution < -0.4 is 5.32 Å². The molecule has 1 N–H and O–H groups in total. The van der Waals surface area contributed by atoms with Crippen LogP contribution in [0.2, 0.25) is 0 Å². The summed E-state index contributed by atoms with van der Waals surface area (Å²) in [7, 11) is 1.77. The molecule has 1 aliphatic heterocycles. The van der Waals surface area contributed by atoms with Crippen LogP contribution in [0.3, 0.4) is 0 Å².